The summed E-state index contributed by atoms with van der Waals surface area (Å²) in [5, 5.41) is 0. The number of hydrogen-bond donors (Lipinski definition) is 0. The lowest BCUT2D eigenvalue weighted by molar-refractivity contribution is -0.135. The number of carbonyl (C=O) groups is 2. The third-order valence-corrected chi connectivity index (χ3v) is 8.31. The number of benzene rings is 1. The zero-order chi connectivity index (χ0) is 24.2. The van der Waals surface area contributed by atoms with E-state index in [1.54, 1.807) is 35.8 Å². The molecule has 2 aliphatic rings. The van der Waals surface area contributed by atoms with Gasteiger partial charge in [-0.25, -0.2) is 8.42 Å². The molecule has 0 unspecified atom stereocenters. The van der Waals surface area contributed by atoms with Gasteiger partial charge in [0.2, 0.25) is 15.9 Å². The van der Waals surface area contributed by atoms with Crippen molar-refractivity contribution in [3.63, 3.8) is 0 Å². The molecule has 2 fully saturated rings. The number of anilines is 1. The van der Waals surface area contributed by atoms with Crippen molar-refractivity contribution in [3.05, 3.63) is 23.8 Å². The van der Waals surface area contributed by atoms with Crippen molar-refractivity contribution >= 4 is 27.5 Å². The zero-order valence-corrected chi connectivity index (χ0v) is 20.9. The molecule has 0 bridgehead atoms. The van der Waals surface area contributed by atoms with Gasteiger partial charge in [-0.1, -0.05) is 27.7 Å². The third-order valence-electron chi connectivity index (χ3n) is 6.27. The van der Waals surface area contributed by atoms with Crippen LogP contribution in [0, 0.1) is 5.92 Å². The fourth-order valence-electron chi connectivity index (χ4n) is 4.30. The Kier molecular flexibility index (Phi) is 8.36. The first-order valence-electron chi connectivity index (χ1n) is 11.8. The Morgan fingerprint density at radius 1 is 0.970 bits per heavy atom. The van der Waals surface area contributed by atoms with Gasteiger partial charge in [-0.05, 0) is 18.2 Å². The highest BCUT2D eigenvalue weighted by Crippen LogP contribution is 2.28. The average Bonchev–Trinajstić information content (AvgIpc) is 2.84. The van der Waals surface area contributed by atoms with Crippen molar-refractivity contribution in [1.82, 2.24) is 14.1 Å². The molecule has 1 aromatic carbocycles. The number of amides is 2. The SMILES string of the molecule is CCN(CC)S(=O)(=O)c1ccc(N2CCOCC2)c(C(=O)N2CCN(C(=O)C(C)C)CC2)c1. The first-order chi connectivity index (χ1) is 15.7. The Labute approximate surface area is 197 Å². The predicted octanol–water partition coefficient (Wildman–Crippen LogP) is 1.49. The van der Waals surface area contributed by atoms with Gasteiger partial charge in [0.05, 0.1) is 23.7 Å². The van der Waals surface area contributed by atoms with Crippen molar-refractivity contribution in [2.24, 2.45) is 5.92 Å². The van der Waals surface area contributed by atoms with E-state index < -0.39 is 10.0 Å². The third kappa shape index (κ3) is 5.50. The molecule has 2 saturated heterocycles. The van der Waals surface area contributed by atoms with Gasteiger partial charge < -0.3 is 19.4 Å². The lowest BCUT2D eigenvalue weighted by Crippen LogP contribution is -2.51. The maximum Gasteiger partial charge on any atom is 0.256 e. The summed E-state index contributed by atoms with van der Waals surface area (Å²) in [6, 6.07) is 4.86. The van der Waals surface area contributed by atoms with Gasteiger partial charge in [0.1, 0.15) is 0 Å². The molecule has 9 nitrogen and oxygen atoms in total. The van der Waals surface area contributed by atoms with Crippen molar-refractivity contribution in [1.29, 1.82) is 0 Å². The average molecular weight is 481 g/mol. The number of hydrogen-bond acceptors (Lipinski definition) is 6. The van der Waals surface area contributed by atoms with Crippen molar-refractivity contribution in [3.8, 4) is 0 Å². The van der Waals surface area contributed by atoms with Gasteiger partial charge >= 0.3 is 0 Å². The van der Waals surface area contributed by atoms with Gasteiger partial charge in [0.15, 0.2) is 0 Å². The second kappa shape index (κ2) is 10.8. The number of sulfonamides is 1. The summed E-state index contributed by atoms with van der Waals surface area (Å²) in [7, 11) is -3.70. The van der Waals surface area contributed by atoms with E-state index in [0.29, 0.717) is 71.1 Å². The molecule has 2 amide bonds. The Morgan fingerprint density at radius 3 is 2.09 bits per heavy atom. The highest BCUT2D eigenvalue weighted by Gasteiger charge is 2.30. The molecule has 10 heteroatoms. The van der Waals surface area contributed by atoms with Crippen molar-refractivity contribution < 1.29 is 22.7 Å². The smallest absolute Gasteiger partial charge is 0.256 e. The molecule has 3 rings (SSSR count). The topological polar surface area (TPSA) is 90.5 Å². The van der Waals surface area contributed by atoms with Crippen molar-refractivity contribution in [2.75, 3.05) is 70.5 Å². The minimum Gasteiger partial charge on any atom is -0.378 e. The number of nitrogens with zero attached hydrogens (tertiary/aromatic N) is 4. The van der Waals surface area contributed by atoms with E-state index in [2.05, 4.69) is 4.90 Å². The molecule has 184 valence electrons. The van der Waals surface area contributed by atoms with Crippen LogP contribution in [0.5, 0.6) is 0 Å². The summed E-state index contributed by atoms with van der Waals surface area (Å²) in [6.45, 7) is 12.3. The van der Waals surface area contributed by atoms with E-state index in [0.717, 1.165) is 5.69 Å². The summed E-state index contributed by atoms with van der Waals surface area (Å²) < 4.78 is 33.1. The Hall–Kier alpha value is -2.17. The van der Waals surface area contributed by atoms with Gasteiger partial charge in [0, 0.05) is 64.0 Å². The van der Waals surface area contributed by atoms with Gasteiger partial charge in [0.25, 0.3) is 5.91 Å². The standard InChI is InChI=1S/C23H36N4O5S/c1-5-27(6-2)33(30,31)19-7-8-21(24-13-15-32-16-14-24)20(17-19)23(29)26-11-9-25(10-12-26)22(28)18(3)4/h7-8,17-18H,5-6,9-16H2,1-4H3. The van der Waals surface area contributed by atoms with Crippen LogP contribution < -0.4 is 4.90 Å². The van der Waals surface area contributed by atoms with E-state index >= 15 is 0 Å². The van der Waals surface area contributed by atoms with Crippen molar-refractivity contribution in [2.45, 2.75) is 32.6 Å². The number of ether oxygens (including phenoxy) is 1. The van der Waals surface area contributed by atoms with E-state index in [-0.39, 0.29) is 22.6 Å². The molecular weight excluding hydrogens is 444 g/mol. The molecule has 33 heavy (non-hydrogen) atoms. The first-order valence-corrected chi connectivity index (χ1v) is 13.2. The van der Waals surface area contributed by atoms with Crippen LogP contribution in [0.4, 0.5) is 5.69 Å². The molecule has 0 atom stereocenters. The summed E-state index contributed by atoms with van der Waals surface area (Å²) in [4.78, 5) is 31.6. The zero-order valence-electron chi connectivity index (χ0n) is 20.1. The minimum absolute atomic E-state index is 0.0814. The molecule has 0 N–H and O–H groups in total. The van der Waals surface area contributed by atoms with Gasteiger partial charge in [-0.15, -0.1) is 0 Å². The van der Waals surface area contributed by atoms with Crippen LogP contribution in [0.3, 0.4) is 0 Å². The number of piperazine rings is 1. The van der Waals surface area contributed by atoms with Crippen LogP contribution in [0.1, 0.15) is 38.1 Å². The normalized spacial score (nSPS) is 17.7. The van der Waals surface area contributed by atoms with Gasteiger partial charge in [-0.2, -0.15) is 4.31 Å². The number of rotatable bonds is 7. The minimum atomic E-state index is -3.70. The first kappa shape index (κ1) is 25.5. The second-order valence-corrected chi connectivity index (χ2v) is 10.6. The maximum atomic E-state index is 13.6. The molecule has 2 heterocycles. The van der Waals surface area contributed by atoms with Crippen LogP contribution in [0.25, 0.3) is 0 Å². The van der Waals surface area contributed by atoms with E-state index in [9.17, 15) is 18.0 Å². The van der Waals surface area contributed by atoms with E-state index in [4.69, 9.17) is 4.74 Å². The predicted molar refractivity (Wildman–Crippen MR) is 127 cm³/mol. The van der Waals surface area contributed by atoms with E-state index in [1.165, 1.54) is 10.4 Å². The molecule has 0 radical (unpaired) electrons. The summed E-state index contributed by atoms with van der Waals surface area (Å²) in [6.07, 6.45) is 0. The number of morpholine rings is 1. The highest BCUT2D eigenvalue weighted by molar-refractivity contribution is 7.89. The molecule has 0 saturated carbocycles. The molecule has 0 aromatic heterocycles. The molecule has 1 aromatic rings. The Balaban J connectivity index is 1.92. The van der Waals surface area contributed by atoms with E-state index in [1.807, 2.05) is 13.8 Å². The van der Waals surface area contributed by atoms with Crippen LogP contribution in [-0.2, 0) is 19.6 Å². The second-order valence-electron chi connectivity index (χ2n) is 8.64. The Bertz CT molecular complexity index is 948. The lowest BCUT2D eigenvalue weighted by Gasteiger charge is -2.37. The van der Waals surface area contributed by atoms with Crippen LogP contribution >= 0.6 is 0 Å². The maximum absolute atomic E-state index is 13.6. The summed E-state index contributed by atoms with van der Waals surface area (Å²) in [5.74, 6) is -0.199. The summed E-state index contributed by atoms with van der Waals surface area (Å²) >= 11 is 0. The monoisotopic (exact) mass is 480 g/mol. The molecular formula is C23H36N4O5S. The van der Waals surface area contributed by atoms with Crippen LogP contribution in [-0.4, -0.2) is 99.9 Å². The quantitative estimate of drug-likeness (QED) is 0.587. The fourth-order valence-corrected chi connectivity index (χ4v) is 5.79. The van der Waals surface area contributed by atoms with Gasteiger partial charge in [-0.3, -0.25) is 9.59 Å². The molecule has 2 aliphatic heterocycles. The highest BCUT2D eigenvalue weighted by atomic mass is 32.2. The summed E-state index contributed by atoms with van der Waals surface area (Å²) in [5.41, 5.74) is 1.11. The molecule has 0 spiro atoms. The number of carbonyl (C=O) groups excluding carboxylic acids is 2. The molecule has 0 aliphatic carbocycles. The Morgan fingerprint density at radius 2 is 1.55 bits per heavy atom. The van der Waals surface area contributed by atoms with Crippen LogP contribution in [0.2, 0.25) is 0 Å². The largest absolute Gasteiger partial charge is 0.378 e. The lowest BCUT2D eigenvalue weighted by atomic mass is 10.1. The fraction of sp³-hybridized carbons (Fsp3) is 0.652. The van der Waals surface area contributed by atoms with Crippen LogP contribution in [0.15, 0.2) is 23.1 Å².